The molecule has 4 heterocycles. The molecule has 0 unspecified atom stereocenters. The van der Waals surface area contributed by atoms with Crippen LogP contribution in [0.4, 0.5) is 0 Å². The largest absolute Gasteiger partial charge is 0.463 e. The van der Waals surface area contributed by atoms with Crippen molar-refractivity contribution in [1.82, 2.24) is 35.3 Å². The first kappa shape index (κ1) is 25.1. The summed E-state index contributed by atoms with van der Waals surface area (Å²) in [6.45, 7) is 4.14. The quantitative estimate of drug-likeness (QED) is 0.385. The molecule has 1 fully saturated rings. The van der Waals surface area contributed by atoms with E-state index in [1.165, 1.54) is 15.8 Å². The monoisotopic (exact) mass is 515 g/mol. The Morgan fingerprint density at radius 2 is 1.95 bits per heavy atom. The molecule has 38 heavy (non-hydrogen) atoms. The molecule has 1 saturated heterocycles. The topological polar surface area (TPSA) is 135 Å². The number of carbonyl (C=O) groups is 3. The molecule has 2 atom stereocenters. The highest BCUT2D eigenvalue weighted by Gasteiger charge is 2.41. The minimum Gasteiger partial charge on any atom is -0.463 e. The highest BCUT2D eigenvalue weighted by Crippen LogP contribution is 2.27. The molecule has 0 aliphatic carbocycles. The summed E-state index contributed by atoms with van der Waals surface area (Å²) in [6, 6.07) is 7.76. The van der Waals surface area contributed by atoms with Crippen LogP contribution in [0, 0.1) is 6.92 Å². The van der Waals surface area contributed by atoms with Gasteiger partial charge in [-0.05, 0) is 31.9 Å². The van der Waals surface area contributed by atoms with Gasteiger partial charge in [-0.25, -0.2) is 0 Å². The van der Waals surface area contributed by atoms with Crippen molar-refractivity contribution in [3.8, 4) is 0 Å². The second kappa shape index (κ2) is 10.4. The third-order valence-electron chi connectivity index (χ3n) is 6.71. The summed E-state index contributed by atoms with van der Waals surface area (Å²) in [4.78, 5) is 50.0. The number of rotatable bonds is 7. The molecule has 0 radical (unpaired) electrons. The molecular formula is C27H29N7O4. The maximum Gasteiger partial charge on any atom is 0.269 e. The van der Waals surface area contributed by atoms with Gasteiger partial charge in [-0.1, -0.05) is 25.1 Å². The van der Waals surface area contributed by atoms with E-state index in [0.29, 0.717) is 34.3 Å². The van der Waals surface area contributed by atoms with Crippen molar-refractivity contribution in [2.75, 3.05) is 6.54 Å². The summed E-state index contributed by atoms with van der Waals surface area (Å²) in [7, 11) is 1.72. The number of fused-ring (bicyclic) bond motifs is 1. The van der Waals surface area contributed by atoms with E-state index in [1.807, 2.05) is 26.0 Å². The zero-order chi connectivity index (χ0) is 26.8. The Labute approximate surface area is 219 Å². The van der Waals surface area contributed by atoms with E-state index in [2.05, 4.69) is 25.7 Å². The van der Waals surface area contributed by atoms with Crippen molar-refractivity contribution in [3.63, 3.8) is 0 Å². The van der Waals surface area contributed by atoms with E-state index in [9.17, 15) is 14.4 Å². The smallest absolute Gasteiger partial charge is 0.269 e. The van der Waals surface area contributed by atoms with Crippen LogP contribution < -0.4 is 10.6 Å². The molecule has 0 bridgehead atoms. The van der Waals surface area contributed by atoms with Gasteiger partial charge in [0, 0.05) is 31.2 Å². The van der Waals surface area contributed by atoms with E-state index >= 15 is 0 Å². The van der Waals surface area contributed by atoms with Crippen LogP contribution in [0.15, 0.2) is 53.4 Å². The van der Waals surface area contributed by atoms with Crippen molar-refractivity contribution in [2.24, 2.45) is 7.05 Å². The van der Waals surface area contributed by atoms with Crippen LogP contribution in [-0.2, 0) is 24.8 Å². The third kappa shape index (κ3) is 4.99. The van der Waals surface area contributed by atoms with Crippen molar-refractivity contribution in [2.45, 2.75) is 45.3 Å². The second-order valence-electron chi connectivity index (χ2n) is 9.39. The zero-order valence-corrected chi connectivity index (χ0v) is 21.5. The van der Waals surface area contributed by atoms with Gasteiger partial charge in [0.15, 0.2) is 0 Å². The van der Waals surface area contributed by atoms with Gasteiger partial charge in [0.05, 0.1) is 35.4 Å². The maximum atomic E-state index is 13.7. The molecule has 196 valence electrons. The highest BCUT2D eigenvalue weighted by atomic mass is 16.3. The average Bonchev–Trinajstić information content (AvgIpc) is 3.64. The van der Waals surface area contributed by atoms with Crippen LogP contribution in [-0.4, -0.2) is 61.0 Å². The molecule has 5 rings (SSSR count). The first-order chi connectivity index (χ1) is 18.3. The van der Waals surface area contributed by atoms with Crippen molar-refractivity contribution in [3.05, 3.63) is 77.3 Å². The van der Waals surface area contributed by atoms with E-state index < -0.39 is 12.1 Å². The third-order valence-corrected chi connectivity index (χ3v) is 6.71. The van der Waals surface area contributed by atoms with Gasteiger partial charge in [-0.3, -0.25) is 29.0 Å². The maximum absolute atomic E-state index is 13.7. The van der Waals surface area contributed by atoms with Crippen LogP contribution >= 0.6 is 0 Å². The Hall–Kier alpha value is -4.54. The Bertz CT molecular complexity index is 1490. The van der Waals surface area contributed by atoms with Crippen LogP contribution in [0.5, 0.6) is 0 Å². The van der Waals surface area contributed by atoms with Crippen molar-refractivity contribution >= 4 is 28.7 Å². The van der Waals surface area contributed by atoms with E-state index in [1.54, 1.807) is 37.6 Å². The summed E-state index contributed by atoms with van der Waals surface area (Å²) in [5.41, 5.74) is 3.57. The molecule has 1 aliphatic heterocycles. The van der Waals surface area contributed by atoms with E-state index in [4.69, 9.17) is 4.42 Å². The summed E-state index contributed by atoms with van der Waals surface area (Å²) in [6.07, 6.45) is 5.62. The number of hydrogen-bond acceptors (Lipinski definition) is 7. The SMILES string of the molecule is CCc1cc(C(=O)N[C@@H]2C[C@@H](C(=O)NCc3cnc(C)cn3)N(C(=O)c3coc4ccccc34)C2)n(C)n1. The standard InChI is InChI=1S/C27H29N7O4/c1-4-17-9-22(33(3)32-17)26(36)31-18-10-23(25(35)30-13-19-12-28-16(2)11-29-19)34(14-18)27(37)21-15-38-24-8-6-5-7-20(21)24/h5-9,11-12,15,18,23H,4,10,13-14H2,1-3H3,(H,30,35)(H,31,36)/t18-,23+/m1/s1. The molecule has 2 N–H and O–H groups in total. The van der Waals surface area contributed by atoms with Crippen LogP contribution in [0.25, 0.3) is 11.0 Å². The number of para-hydroxylation sites is 1. The van der Waals surface area contributed by atoms with Gasteiger partial charge in [-0.2, -0.15) is 5.10 Å². The molecule has 11 heteroatoms. The number of likely N-dealkylation sites (tertiary alicyclic amines) is 1. The number of amides is 3. The van der Waals surface area contributed by atoms with Crippen LogP contribution in [0.2, 0.25) is 0 Å². The highest BCUT2D eigenvalue weighted by molar-refractivity contribution is 6.07. The van der Waals surface area contributed by atoms with Gasteiger partial charge in [0.2, 0.25) is 5.91 Å². The number of furan rings is 1. The number of aromatic nitrogens is 4. The summed E-state index contributed by atoms with van der Waals surface area (Å²) in [5, 5.41) is 10.9. The molecule has 11 nitrogen and oxygen atoms in total. The first-order valence-electron chi connectivity index (χ1n) is 12.5. The van der Waals surface area contributed by atoms with Gasteiger partial charge >= 0.3 is 0 Å². The molecule has 4 aromatic rings. The Kier molecular flexibility index (Phi) is 6.91. The van der Waals surface area contributed by atoms with Crippen LogP contribution in [0.3, 0.4) is 0 Å². The Morgan fingerprint density at radius 3 is 2.68 bits per heavy atom. The molecule has 1 aliphatic rings. The summed E-state index contributed by atoms with van der Waals surface area (Å²) < 4.78 is 7.11. The van der Waals surface area contributed by atoms with Crippen molar-refractivity contribution < 1.29 is 18.8 Å². The lowest BCUT2D eigenvalue weighted by Gasteiger charge is -2.23. The average molecular weight is 516 g/mol. The Balaban J connectivity index is 1.36. The lowest BCUT2D eigenvalue weighted by molar-refractivity contribution is -0.125. The van der Waals surface area contributed by atoms with Gasteiger partial charge < -0.3 is 20.0 Å². The van der Waals surface area contributed by atoms with E-state index in [-0.39, 0.29) is 37.2 Å². The number of carbonyl (C=O) groups excluding carboxylic acids is 3. The fourth-order valence-corrected chi connectivity index (χ4v) is 4.69. The molecule has 0 saturated carbocycles. The minimum absolute atomic E-state index is 0.172. The Morgan fingerprint density at radius 1 is 1.13 bits per heavy atom. The lowest BCUT2D eigenvalue weighted by Crippen LogP contribution is -2.45. The number of benzene rings is 1. The number of nitrogens with one attached hydrogen (secondary N) is 2. The normalized spacial score (nSPS) is 17.1. The fraction of sp³-hybridized carbons (Fsp3) is 0.333. The van der Waals surface area contributed by atoms with Gasteiger partial charge in [-0.15, -0.1) is 0 Å². The molecule has 3 amide bonds. The molecule has 1 aromatic carbocycles. The number of nitrogens with zero attached hydrogens (tertiary/aromatic N) is 5. The molecule has 3 aromatic heterocycles. The lowest BCUT2D eigenvalue weighted by atomic mass is 10.1. The van der Waals surface area contributed by atoms with Gasteiger partial charge in [0.25, 0.3) is 11.8 Å². The predicted octanol–water partition coefficient (Wildman–Crippen LogP) is 2.16. The zero-order valence-electron chi connectivity index (χ0n) is 21.5. The van der Waals surface area contributed by atoms with Crippen LogP contribution in [0.1, 0.15) is 51.3 Å². The predicted molar refractivity (Wildman–Crippen MR) is 138 cm³/mol. The minimum atomic E-state index is -0.794. The number of aryl methyl sites for hydroxylation is 3. The summed E-state index contributed by atoms with van der Waals surface area (Å²) >= 11 is 0. The fourth-order valence-electron chi connectivity index (χ4n) is 4.69. The second-order valence-corrected chi connectivity index (χ2v) is 9.39. The first-order valence-corrected chi connectivity index (χ1v) is 12.5. The number of hydrogen-bond donors (Lipinski definition) is 2. The summed E-state index contributed by atoms with van der Waals surface area (Å²) in [5.74, 6) is -0.975. The molecular weight excluding hydrogens is 486 g/mol. The van der Waals surface area contributed by atoms with E-state index in [0.717, 1.165) is 11.4 Å². The van der Waals surface area contributed by atoms with Crippen molar-refractivity contribution in [1.29, 1.82) is 0 Å². The van der Waals surface area contributed by atoms with Gasteiger partial charge in [0.1, 0.15) is 23.6 Å². The molecule has 0 spiro atoms.